The van der Waals surface area contributed by atoms with Gasteiger partial charge in [0.05, 0.1) is 92.9 Å². The van der Waals surface area contributed by atoms with Crippen molar-refractivity contribution in [3.63, 3.8) is 0 Å². The number of hydrogen-bond donors (Lipinski definition) is 4. The Hall–Kier alpha value is -16.8. The Balaban J connectivity index is 0.000000152. The van der Waals surface area contributed by atoms with Crippen LogP contribution in [0, 0.1) is 89.3 Å². The van der Waals surface area contributed by atoms with Crippen LogP contribution in [0.15, 0.2) is 398 Å². The van der Waals surface area contributed by atoms with Crippen LogP contribution in [0.1, 0.15) is 53.8 Å². The summed E-state index contributed by atoms with van der Waals surface area (Å²) < 4.78 is 106. The molecule has 0 bridgehead atoms. The van der Waals surface area contributed by atoms with E-state index >= 15 is 0 Å². The van der Waals surface area contributed by atoms with Crippen molar-refractivity contribution in [2.75, 3.05) is 6.61 Å². The van der Waals surface area contributed by atoms with Gasteiger partial charge in [0.25, 0.3) is 0 Å². The van der Waals surface area contributed by atoms with Crippen LogP contribution in [0.2, 0.25) is 0 Å². The molecule has 1 radical (unpaired) electrons. The van der Waals surface area contributed by atoms with Gasteiger partial charge in [-0.1, -0.05) is 51.3 Å². The number of halogens is 7. The first kappa shape index (κ1) is 102. The Morgan fingerprint density at radius 1 is 0.386 bits per heavy atom. The average molecular weight is 2050 g/mol. The molecule has 15 aromatic carbocycles. The van der Waals surface area contributed by atoms with Gasteiger partial charge in [0.15, 0.2) is 0 Å². The van der Waals surface area contributed by atoms with Crippen molar-refractivity contribution in [1.82, 2.24) is 23.3 Å². The van der Waals surface area contributed by atoms with Crippen molar-refractivity contribution in [3.05, 3.63) is 465 Å². The summed E-state index contributed by atoms with van der Waals surface area (Å²) in [6.45, 7) is 3.47. The zero-order chi connectivity index (χ0) is 97.0. The third-order valence-corrected chi connectivity index (χ3v) is 22.4. The van der Waals surface area contributed by atoms with Crippen LogP contribution < -0.4 is 23.7 Å². The van der Waals surface area contributed by atoms with Crippen LogP contribution in [0.5, 0.6) is 57.5 Å². The molecule has 0 fully saturated rings. The number of nitriles is 5. The van der Waals surface area contributed by atoms with Gasteiger partial charge >= 0.3 is 24.8 Å². The summed E-state index contributed by atoms with van der Waals surface area (Å²) in [5.74, 6) is 4.79. The molecule has 0 amide bonds. The number of benzene rings is 15. The molecule has 0 saturated heterocycles. The van der Waals surface area contributed by atoms with Crippen molar-refractivity contribution in [2.24, 2.45) is 4.30 Å². The summed E-state index contributed by atoms with van der Waals surface area (Å²) in [7, 11) is 4.34. The summed E-state index contributed by atoms with van der Waals surface area (Å²) in [5.41, 5.74) is 13.5. The number of fused-ring (bicyclic) bond motifs is 5. The van der Waals surface area contributed by atoms with Crippen LogP contribution in [-0.4, -0.2) is 53.8 Å². The molecular weight excluding hydrogens is 1970 g/mol. The van der Waals surface area contributed by atoms with Gasteiger partial charge in [0.2, 0.25) is 0 Å². The maximum absolute atomic E-state index is 13.0. The van der Waals surface area contributed by atoms with Gasteiger partial charge in [-0.05, 0) is 372 Å². The van der Waals surface area contributed by atoms with Crippen molar-refractivity contribution < 1.29 is 55.8 Å². The van der Waals surface area contributed by atoms with Crippen molar-refractivity contribution in [2.45, 2.75) is 33.8 Å². The molecule has 5 heterocycles. The van der Waals surface area contributed by atoms with Crippen molar-refractivity contribution in [3.8, 4) is 111 Å². The molecule has 18 nitrogen and oxygen atoms in total. The zero-order valence-electron chi connectivity index (χ0n) is 72.9. The molecule has 20 aromatic rings. The van der Waals surface area contributed by atoms with Crippen molar-refractivity contribution >= 4 is 113 Å². The summed E-state index contributed by atoms with van der Waals surface area (Å²) in [6, 6.07) is 110. The third-order valence-electron chi connectivity index (χ3n) is 21.1. The van der Waals surface area contributed by atoms with Gasteiger partial charge in [-0.2, -0.15) is 26.3 Å². The van der Waals surface area contributed by atoms with Crippen LogP contribution in [-0.2, 0) is 12.8 Å². The zero-order valence-corrected chi connectivity index (χ0v) is 77.5. The minimum atomic E-state index is -0.901. The third kappa shape index (κ3) is 26.1. The summed E-state index contributed by atoms with van der Waals surface area (Å²) in [4.78, 5) is 3.04. The van der Waals surface area contributed by atoms with Crippen LogP contribution in [0.25, 0.3) is 77.3 Å². The van der Waals surface area contributed by atoms with E-state index in [2.05, 4.69) is 110 Å². The minimum absolute atomic E-state index is 0. The Labute approximate surface area is 833 Å². The number of aromatic amines is 1. The first-order chi connectivity index (χ1) is 67.2. The molecule has 0 aliphatic heterocycles. The van der Waals surface area contributed by atoms with E-state index in [0.29, 0.717) is 80.4 Å². The van der Waals surface area contributed by atoms with E-state index in [1.165, 1.54) is 60.7 Å². The van der Waals surface area contributed by atoms with E-state index in [0.717, 1.165) is 108 Å². The number of aromatic nitrogens is 5. The molecule has 5 aromatic heterocycles. The van der Waals surface area contributed by atoms with E-state index in [1.54, 1.807) is 84.9 Å². The van der Waals surface area contributed by atoms with E-state index in [4.69, 9.17) is 28.9 Å². The number of nitrogens with one attached hydrogen (secondary N) is 1. The second kappa shape index (κ2) is 49.6. The molecule has 0 aliphatic carbocycles. The van der Waals surface area contributed by atoms with E-state index < -0.39 is 6.10 Å². The number of rotatable bonds is 19. The maximum atomic E-state index is 13.0. The first-order valence-corrected chi connectivity index (χ1v) is 44.5. The number of H-pyrrole nitrogens is 1. The van der Waals surface area contributed by atoms with Gasteiger partial charge in [0.1, 0.15) is 86.6 Å². The van der Waals surface area contributed by atoms with Crippen LogP contribution in [0.3, 0.4) is 0 Å². The molecule has 0 aliphatic rings. The Morgan fingerprint density at radius 2 is 0.671 bits per heavy atom. The molecule has 27 heteroatoms. The predicted molar refractivity (Wildman–Crippen MR) is 556 cm³/mol. The topological polar surface area (TPSA) is 253 Å². The fraction of sp³-hybridized carbons (Fsp3) is 0.0531. The Morgan fingerprint density at radius 3 is 1.02 bits per heavy atom. The molecule has 0 spiro atoms. The van der Waals surface area contributed by atoms with Gasteiger partial charge in [-0.3, -0.25) is 0 Å². The molecule has 140 heavy (non-hydrogen) atoms. The Kier molecular flexibility index (Phi) is 36.2. The molecule has 20 rings (SSSR count). The molecule has 3 N–H and O–H groups in total. The van der Waals surface area contributed by atoms with E-state index in [9.17, 15) is 53.2 Å². The SMILES string of the molecule is C.C.C=CCc1cn(-c2ccc(Oc3ccc(F)cc3)cc2)c2cccc(C#N)c12.Fc1ccc(Oc2ccc(I)cc2)cc1.N#Cc1cccc2[nH]ccc12.N#Cc1cccc2c1c(Br)cn2-c1ccc(Oc2ccc(F)cc2)cc1.N#Cc1cccc2c1c(C[C@H](O)CO)cn2-c1ccc(Oc2ccc(F)cc2)cc1.N#Cc1cccc2c1ccn2-c1ccc(Oc2ccc(F)cc2)cc1.[B]=NS. The normalized spacial score (nSPS) is 10.5. The Bertz CT molecular complexity index is 7810. The average Bonchev–Trinajstić information content (AvgIpc) is 1.63. The summed E-state index contributed by atoms with van der Waals surface area (Å²) >= 11 is 8.96. The first-order valence-electron chi connectivity index (χ1n) is 42.3. The van der Waals surface area contributed by atoms with Crippen molar-refractivity contribution in [1.29, 1.82) is 26.3 Å². The molecule has 0 unspecified atom stereocenters. The van der Waals surface area contributed by atoms with Gasteiger partial charge in [0, 0.05) is 101 Å². The van der Waals surface area contributed by atoms with Gasteiger partial charge in [-0.15, -0.1) is 6.58 Å². The standard InChI is InChI=1S/C24H19FN2O3.C24H17FN2O.C21H12BrFN2O.C21H13FN2O.C12H8FIO.C9H6N2.2CH4.BHNS/c25-18-4-8-21(9-5-18)30-22-10-6-19(7-11-22)27-14-17(12-20(29)15-28)24-16(13-26)2-1-3-23(24)27;1-2-4-18-16-27(23-6-3-5-17(15-26)24(18)23)20-9-13-22(14-10-20)28-21-11-7-19(25)8-12-21;22-19-13-25(20-3-1-2-14(12-24)21(19)20)16-6-10-18(11-7-16)26-17-8-4-15(23)5-9-17;22-16-4-8-18(9-5-16)25-19-10-6-17(7-11-19)24-13-12-20-15(14-23)2-1-3-21(20)24;13-9-1-5-11(6-2-9)15-12-7-3-10(14)4-8-12;10-6-7-2-1-3-9-8(7)4-5-11-9;;;1-2-3/h1-11,14,20,28-29H,12,15H2;2-3,5-14,16H,1,4H2;1-11,13H;1-13H;1-8H;1-5,11H;2*1H4;3H/t20-;;;;;;;;/m0......../s1. The summed E-state index contributed by atoms with van der Waals surface area (Å²) in [5, 5.41) is 69.9. The fourth-order valence-electron chi connectivity index (χ4n) is 14.7. The van der Waals surface area contributed by atoms with Gasteiger partial charge < -0.3 is 57.1 Å². The second-order valence-electron chi connectivity index (χ2n) is 30.1. The fourth-order valence-corrected chi connectivity index (χ4v) is 15.7. The molecule has 0 saturated carbocycles. The molecule has 1 atom stereocenters. The van der Waals surface area contributed by atoms with E-state index in [-0.39, 0.29) is 57.0 Å². The van der Waals surface area contributed by atoms with E-state index in [1.807, 2.05) is 251 Å². The number of aliphatic hydroxyl groups is 2. The molecular formula is C113H84BBrF5IN11O7S. The molecule has 691 valence electrons. The number of nitrogens with zero attached hydrogens (tertiary/aromatic N) is 10. The summed E-state index contributed by atoms with van der Waals surface area (Å²) in [6.07, 6.45) is 11.5. The number of aliphatic hydroxyl groups excluding tert-OH is 2. The van der Waals surface area contributed by atoms with Crippen LogP contribution in [0.4, 0.5) is 22.0 Å². The number of allylic oxidation sites excluding steroid dienone is 1. The number of hydrogen-bond acceptors (Lipinski definition) is 14. The van der Waals surface area contributed by atoms with Crippen LogP contribution >= 0.6 is 51.3 Å². The second-order valence-corrected chi connectivity index (χ2v) is 32.4. The number of thiol groups is 1. The monoisotopic (exact) mass is 2050 g/mol. The quantitative estimate of drug-likeness (QED) is 0.0194. The van der Waals surface area contributed by atoms with Gasteiger partial charge in [-0.25, -0.2) is 22.0 Å². The number of ether oxygens (including phenoxy) is 5. The predicted octanol–water partition coefficient (Wildman–Crippen LogP) is 29.8.